The van der Waals surface area contributed by atoms with Gasteiger partial charge in [0.25, 0.3) is 0 Å². The zero-order chi connectivity index (χ0) is 21.2. The summed E-state index contributed by atoms with van der Waals surface area (Å²) >= 11 is 0. The zero-order valence-corrected chi connectivity index (χ0v) is 17.2. The van der Waals surface area contributed by atoms with Gasteiger partial charge < -0.3 is 23.7 Å². The van der Waals surface area contributed by atoms with Crippen LogP contribution in [0, 0.1) is 0 Å². The molecule has 1 unspecified atom stereocenters. The van der Waals surface area contributed by atoms with Gasteiger partial charge >= 0.3 is 11.9 Å². The van der Waals surface area contributed by atoms with Gasteiger partial charge in [0, 0.05) is 11.6 Å². The fourth-order valence-corrected chi connectivity index (χ4v) is 2.29. The number of esters is 2. The van der Waals surface area contributed by atoms with Crippen molar-refractivity contribution in [3.8, 4) is 0 Å². The molecule has 0 aromatic heterocycles. The van der Waals surface area contributed by atoms with Crippen LogP contribution in [0.3, 0.4) is 0 Å². The number of ether oxygens (including phenoxy) is 5. The van der Waals surface area contributed by atoms with Gasteiger partial charge in [-0.25, -0.2) is 9.59 Å². The predicted octanol–water partition coefficient (Wildman–Crippen LogP) is 3.69. The third-order valence-electron chi connectivity index (χ3n) is 3.71. The Morgan fingerprint density at radius 3 is 2.25 bits per heavy atom. The van der Waals surface area contributed by atoms with Crippen molar-refractivity contribution in [3.63, 3.8) is 0 Å². The lowest BCUT2D eigenvalue weighted by atomic mass is 9.98. The highest BCUT2D eigenvalue weighted by Crippen LogP contribution is 2.19. The summed E-state index contributed by atoms with van der Waals surface area (Å²) in [5.74, 6) is -0.789. The first-order valence-corrected chi connectivity index (χ1v) is 9.52. The summed E-state index contributed by atoms with van der Waals surface area (Å²) in [7, 11) is 0. The lowest BCUT2D eigenvalue weighted by molar-refractivity contribution is -0.144. The van der Waals surface area contributed by atoms with E-state index in [1.165, 1.54) is 25.5 Å². The lowest BCUT2D eigenvalue weighted by Crippen LogP contribution is -2.20. The Kier molecular flexibility index (Phi) is 15.7. The number of carbonyl (C=O) groups excluding carboxylic acids is 2. The maximum absolute atomic E-state index is 11.0. The molecule has 0 aromatic carbocycles. The molecule has 0 aromatic rings. The molecule has 0 heterocycles. The number of rotatable bonds is 12. The molecule has 1 fully saturated rings. The highest BCUT2D eigenvalue weighted by molar-refractivity contribution is 5.86. The van der Waals surface area contributed by atoms with Crippen molar-refractivity contribution in [1.82, 2.24) is 0 Å². The maximum Gasteiger partial charge on any atom is 0.333 e. The molecule has 0 radical (unpaired) electrons. The first-order chi connectivity index (χ1) is 13.4. The molecule has 0 bridgehead atoms. The third kappa shape index (κ3) is 15.0. The monoisotopic (exact) mass is 398 g/mol. The van der Waals surface area contributed by atoms with E-state index in [0.29, 0.717) is 24.9 Å². The molecule has 1 rings (SSSR count). The van der Waals surface area contributed by atoms with Gasteiger partial charge in [0.15, 0.2) is 6.29 Å². The molecular weight excluding hydrogens is 364 g/mol. The summed E-state index contributed by atoms with van der Waals surface area (Å²) in [6.07, 6.45) is 8.53. The van der Waals surface area contributed by atoms with Crippen LogP contribution in [0.25, 0.3) is 0 Å². The minimum absolute atomic E-state index is 0.190. The summed E-state index contributed by atoms with van der Waals surface area (Å²) in [4.78, 5) is 21.6. The Hall–Kier alpha value is -2.12. The molecule has 1 atom stereocenters. The standard InChI is InChI=1S/C12H20O3.C9H14O4/c1-10(2)12(13)15-9-8-14-11-6-4-3-5-7-11;1-4-9(10)13-7-6-12-8(3)11-5-2/h11H,1,3-9H2,2H3;4-5,8H,1-2,6-7H2,3H3. The van der Waals surface area contributed by atoms with Gasteiger partial charge in [-0.05, 0) is 26.7 Å². The molecule has 0 N–H and O–H groups in total. The second-order valence-electron chi connectivity index (χ2n) is 6.16. The van der Waals surface area contributed by atoms with E-state index in [1.807, 2.05) is 0 Å². The Balaban J connectivity index is 0.000000528. The van der Waals surface area contributed by atoms with Crippen molar-refractivity contribution < 1.29 is 33.3 Å². The van der Waals surface area contributed by atoms with Crippen LogP contribution in [0.15, 0.2) is 37.6 Å². The summed E-state index contributed by atoms with van der Waals surface area (Å²) in [5, 5.41) is 0. The van der Waals surface area contributed by atoms with Crippen molar-refractivity contribution in [2.75, 3.05) is 26.4 Å². The third-order valence-corrected chi connectivity index (χ3v) is 3.71. The molecular formula is C21H34O7. The van der Waals surface area contributed by atoms with E-state index in [0.717, 1.165) is 18.9 Å². The number of hydrogen-bond donors (Lipinski definition) is 0. The first kappa shape index (κ1) is 25.9. The van der Waals surface area contributed by atoms with Gasteiger partial charge in [0.05, 0.1) is 25.6 Å². The van der Waals surface area contributed by atoms with Crippen molar-refractivity contribution in [2.45, 2.75) is 58.3 Å². The van der Waals surface area contributed by atoms with Crippen molar-refractivity contribution >= 4 is 11.9 Å². The van der Waals surface area contributed by atoms with Gasteiger partial charge in [-0.2, -0.15) is 0 Å². The average Bonchev–Trinajstić information content (AvgIpc) is 2.69. The van der Waals surface area contributed by atoms with E-state index in [9.17, 15) is 9.59 Å². The second-order valence-corrected chi connectivity index (χ2v) is 6.16. The molecule has 0 amide bonds. The molecule has 0 aliphatic heterocycles. The summed E-state index contributed by atoms with van der Waals surface area (Å²) in [5.41, 5.74) is 0.438. The van der Waals surface area contributed by atoms with Crippen molar-refractivity contribution in [1.29, 1.82) is 0 Å². The van der Waals surface area contributed by atoms with E-state index in [1.54, 1.807) is 13.8 Å². The highest BCUT2D eigenvalue weighted by atomic mass is 16.7. The highest BCUT2D eigenvalue weighted by Gasteiger charge is 2.13. The van der Waals surface area contributed by atoms with Gasteiger partial charge in [0.1, 0.15) is 13.2 Å². The van der Waals surface area contributed by atoms with Gasteiger partial charge in [-0.1, -0.05) is 39.0 Å². The molecule has 0 spiro atoms. The van der Waals surface area contributed by atoms with Crippen LogP contribution >= 0.6 is 0 Å². The van der Waals surface area contributed by atoms with Crippen LogP contribution < -0.4 is 0 Å². The average molecular weight is 398 g/mol. The summed E-state index contributed by atoms with van der Waals surface area (Å²) < 4.78 is 25.1. The second kappa shape index (κ2) is 17.0. The SMILES string of the molecule is C=C(C)C(=O)OCCOC1CCCCC1.C=COC(C)OCCOC(=O)C=C. The van der Waals surface area contributed by atoms with Crippen LogP contribution in [0.2, 0.25) is 0 Å². The van der Waals surface area contributed by atoms with E-state index in [4.69, 9.17) is 18.9 Å². The molecule has 1 saturated carbocycles. The fraction of sp³-hybridized carbons (Fsp3) is 0.619. The normalized spacial score (nSPS) is 14.6. The van der Waals surface area contributed by atoms with E-state index < -0.39 is 5.97 Å². The van der Waals surface area contributed by atoms with Crippen LogP contribution in [0.4, 0.5) is 0 Å². The minimum Gasteiger partial charge on any atom is -0.473 e. The molecule has 1 aliphatic rings. The first-order valence-electron chi connectivity index (χ1n) is 9.52. The Morgan fingerprint density at radius 2 is 1.68 bits per heavy atom. The van der Waals surface area contributed by atoms with Crippen LogP contribution in [0.1, 0.15) is 46.0 Å². The van der Waals surface area contributed by atoms with Crippen molar-refractivity contribution in [3.05, 3.63) is 37.6 Å². The fourth-order valence-electron chi connectivity index (χ4n) is 2.29. The zero-order valence-electron chi connectivity index (χ0n) is 17.2. The molecule has 7 heteroatoms. The van der Waals surface area contributed by atoms with Gasteiger partial charge in [-0.15, -0.1) is 0 Å². The largest absolute Gasteiger partial charge is 0.473 e. The Morgan fingerprint density at radius 1 is 1.04 bits per heavy atom. The molecule has 28 heavy (non-hydrogen) atoms. The van der Waals surface area contributed by atoms with Gasteiger partial charge in [0.2, 0.25) is 0 Å². The predicted molar refractivity (Wildman–Crippen MR) is 106 cm³/mol. The van der Waals surface area contributed by atoms with Crippen LogP contribution in [-0.4, -0.2) is 50.8 Å². The lowest BCUT2D eigenvalue weighted by Gasteiger charge is -2.21. The van der Waals surface area contributed by atoms with E-state index in [2.05, 4.69) is 24.5 Å². The number of hydrogen-bond acceptors (Lipinski definition) is 7. The smallest absolute Gasteiger partial charge is 0.333 e. The Bertz CT molecular complexity index is 481. The quantitative estimate of drug-likeness (QED) is 0.163. The van der Waals surface area contributed by atoms with Crippen molar-refractivity contribution in [2.24, 2.45) is 0 Å². The maximum atomic E-state index is 11.0. The van der Waals surface area contributed by atoms with Crippen LogP contribution in [-0.2, 0) is 33.3 Å². The summed E-state index contributed by atoms with van der Waals surface area (Å²) in [6.45, 7) is 14.8. The molecule has 7 nitrogen and oxygen atoms in total. The molecule has 1 aliphatic carbocycles. The summed E-state index contributed by atoms with van der Waals surface area (Å²) in [6, 6.07) is 0. The topological polar surface area (TPSA) is 80.3 Å². The molecule has 0 saturated heterocycles. The van der Waals surface area contributed by atoms with Gasteiger partial charge in [-0.3, -0.25) is 0 Å². The Labute approximate surface area is 168 Å². The van der Waals surface area contributed by atoms with E-state index in [-0.39, 0.29) is 25.5 Å². The van der Waals surface area contributed by atoms with E-state index >= 15 is 0 Å². The number of carbonyl (C=O) groups is 2. The molecule has 160 valence electrons. The van der Waals surface area contributed by atoms with Crippen LogP contribution in [0.5, 0.6) is 0 Å². The minimum atomic E-state index is -0.458.